The largest absolute Gasteiger partial charge is 0.395 e. The van der Waals surface area contributed by atoms with Gasteiger partial charge in [0.1, 0.15) is 0 Å². The lowest BCUT2D eigenvalue weighted by atomic mass is 9.99. The fourth-order valence-corrected chi connectivity index (χ4v) is 5.70. The number of carbonyl (C=O) groups excluding carboxylic acids is 2. The van der Waals surface area contributed by atoms with Crippen molar-refractivity contribution in [3.63, 3.8) is 0 Å². The van der Waals surface area contributed by atoms with Crippen LogP contribution in [0.2, 0.25) is 0 Å². The van der Waals surface area contributed by atoms with Gasteiger partial charge in [-0.25, -0.2) is 5.48 Å². The van der Waals surface area contributed by atoms with Crippen molar-refractivity contribution in [1.29, 1.82) is 0 Å². The maximum absolute atomic E-state index is 12.3. The van der Waals surface area contributed by atoms with E-state index in [9.17, 15) is 19.8 Å². The minimum atomic E-state index is -0.548. The summed E-state index contributed by atoms with van der Waals surface area (Å²) in [6, 6.07) is 15.9. The first-order valence-corrected chi connectivity index (χ1v) is 15.1. The van der Waals surface area contributed by atoms with Crippen molar-refractivity contribution in [3.05, 3.63) is 70.8 Å². The van der Waals surface area contributed by atoms with E-state index in [1.165, 1.54) is 0 Å². The molecule has 0 bridgehead atoms. The molecule has 0 spiro atoms. The van der Waals surface area contributed by atoms with Crippen molar-refractivity contribution in [2.24, 2.45) is 0 Å². The van der Waals surface area contributed by atoms with E-state index < -0.39 is 6.29 Å². The molecule has 230 valence electrons. The van der Waals surface area contributed by atoms with Crippen LogP contribution in [0.25, 0.3) is 0 Å². The maximum Gasteiger partial charge on any atom is 0.243 e. The normalized spacial score (nSPS) is 22.6. The SMILES string of the molecule is O=C(CCCCCCC(=O)NCc1ccc([C@@H]2O[C@H](CN3CCC[C@H]3CO)C[C@H](c3ccc(CO)cc3)O2)cc1)NO. The Kier molecular flexibility index (Phi) is 12.7. The van der Waals surface area contributed by atoms with Crippen LogP contribution >= 0.6 is 0 Å². The highest BCUT2D eigenvalue weighted by Gasteiger charge is 2.35. The molecule has 2 saturated heterocycles. The zero-order valence-electron chi connectivity index (χ0n) is 24.2. The summed E-state index contributed by atoms with van der Waals surface area (Å²) in [7, 11) is 0. The van der Waals surface area contributed by atoms with Gasteiger partial charge in [-0.1, -0.05) is 61.4 Å². The third-order valence-corrected chi connectivity index (χ3v) is 8.19. The number of hydrogen-bond donors (Lipinski definition) is 5. The van der Waals surface area contributed by atoms with Gasteiger partial charge in [-0.15, -0.1) is 0 Å². The molecule has 2 heterocycles. The zero-order valence-corrected chi connectivity index (χ0v) is 24.2. The summed E-state index contributed by atoms with van der Waals surface area (Å²) >= 11 is 0. The number of unbranched alkanes of at least 4 members (excludes halogenated alkanes) is 3. The molecule has 2 amide bonds. The van der Waals surface area contributed by atoms with Gasteiger partial charge in [0.15, 0.2) is 6.29 Å². The predicted molar refractivity (Wildman–Crippen MR) is 156 cm³/mol. The van der Waals surface area contributed by atoms with Crippen LogP contribution in [0.5, 0.6) is 0 Å². The summed E-state index contributed by atoms with van der Waals surface area (Å²) in [4.78, 5) is 25.6. The summed E-state index contributed by atoms with van der Waals surface area (Å²) in [5.74, 6) is -0.390. The van der Waals surface area contributed by atoms with Gasteiger partial charge in [0, 0.05) is 44.0 Å². The number of ether oxygens (including phenoxy) is 2. The maximum atomic E-state index is 12.3. The number of nitrogens with one attached hydrogen (secondary N) is 2. The van der Waals surface area contributed by atoms with Gasteiger partial charge < -0.3 is 25.0 Å². The highest BCUT2D eigenvalue weighted by molar-refractivity contribution is 5.75. The lowest BCUT2D eigenvalue weighted by Gasteiger charge is -2.38. The molecule has 42 heavy (non-hydrogen) atoms. The summed E-state index contributed by atoms with van der Waals surface area (Å²) in [6.07, 6.45) is 5.86. The molecule has 4 rings (SSSR count). The van der Waals surface area contributed by atoms with Crippen molar-refractivity contribution < 1.29 is 34.5 Å². The van der Waals surface area contributed by atoms with E-state index in [1.807, 2.05) is 48.5 Å². The van der Waals surface area contributed by atoms with Crippen LogP contribution in [0, 0.1) is 0 Å². The molecule has 0 aromatic heterocycles. The van der Waals surface area contributed by atoms with Crippen LogP contribution < -0.4 is 10.8 Å². The van der Waals surface area contributed by atoms with Gasteiger partial charge in [-0.3, -0.25) is 19.7 Å². The number of hydroxylamine groups is 1. The average molecular weight is 584 g/mol. The standard InChI is InChI=1S/C32H45N3O7/c36-21-24-11-13-25(14-12-24)29-18-28(20-35-17-5-6-27(35)22-37)41-32(42-29)26-15-9-23(10-16-26)19-33-30(38)7-3-1-2-4-8-31(39)34-40/h9-16,27-29,32,36-37,40H,1-8,17-22H2,(H,33,38)(H,34,39)/t27-,28-,29+,32+/m0/s1. The number of rotatable bonds is 15. The van der Waals surface area contributed by atoms with E-state index in [0.717, 1.165) is 67.4 Å². The molecule has 0 saturated carbocycles. The zero-order chi connectivity index (χ0) is 29.7. The molecule has 2 aromatic rings. The van der Waals surface area contributed by atoms with Crippen LogP contribution in [-0.4, -0.2) is 64.0 Å². The average Bonchev–Trinajstić information content (AvgIpc) is 3.48. The Morgan fingerprint density at radius 2 is 1.52 bits per heavy atom. The number of nitrogens with zero attached hydrogens (tertiary/aromatic N) is 1. The van der Waals surface area contributed by atoms with Crippen molar-refractivity contribution in [3.8, 4) is 0 Å². The lowest BCUT2D eigenvalue weighted by molar-refractivity contribution is -0.253. The summed E-state index contributed by atoms with van der Waals surface area (Å²) < 4.78 is 12.9. The minimum absolute atomic E-state index is 0.00211. The predicted octanol–water partition coefficient (Wildman–Crippen LogP) is 3.64. The Balaban J connectivity index is 1.30. The van der Waals surface area contributed by atoms with Crippen LogP contribution in [0.3, 0.4) is 0 Å². The second kappa shape index (κ2) is 16.7. The summed E-state index contributed by atoms with van der Waals surface area (Å²) in [5, 5.41) is 30.7. The Morgan fingerprint density at radius 3 is 2.19 bits per heavy atom. The molecule has 0 radical (unpaired) electrons. The number of hydrogen-bond acceptors (Lipinski definition) is 8. The summed E-state index contributed by atoms with van der Waals surface area (Å²) in [6.45, 7) is 2.27. The van der Waals surface area contributed by atoms with E-state index in [0.29, 0.717) is 25.8 Å². The van der Waals surface area contributed by atoms with Gasteiger partial charge in [-0.2, -0.15) is 0 Å². The molecule has 2 fully saturated rings. The number of aliphatic hydroxyl groups is 2. The van der Waals surface area contributed by atoms with E-state index in [1.54, 1.807) is 5.48 Å². The van der Waals surface area contributed by atoms with Gasteiger partial charge in [0.25, 0.3) is 0 Å². The van der Waals surface area contributed by atoms with Crippen LogP contribution in [0.1, 0.15) is 92.4 Å². The number of benzene rings is 2. The molecule has 10 nitrogen and oxygen atoms in total. The highest BCUT2D eigenvalue weighted by Crippen LogP contribution is 2.38. The van der Waals surface area contributed by atoms with Gasteiger partial charge >= 0.3 is 0 Å². The van der Waals surface area contributed by atoms with E-state index in [-0.39, 0.29) is 49.7 Å². The smallest absolute Gasteiger partial charge is 0.243 e. The Labute approximate surface area is 248 Å². The quantitative estimate of drug-likeness (QED) is 0.122. The molecular weight excluding hydrogens is 538 g/mol. The lowest BCUT2D eigenvalue weighted by Crippen LogP contribution is -2.42. The Morgan fingerprint density at radius 1 is 0.857 bits per heavy atom. The summed E-state index contributed by atoms with van der Waals surface area (Å²) in [5.41, 5.74) is 5.41. The van der Waals surface area contributed by atoms with Crippen molar-refractivity contribution >= 4 is 11.8 Å². The second-order valence-electron chi connectivity index (χ2n) is 11.3. The fourth-order valence-electron chi connectivity index (χ4n) is 5.70. The van der Waals surface area contributed by atoms with Crippen LogP contribution in [0.4, 0.5) is 0 Å². The number of aliphatic hydroxyl groups excluding tert-OH is 2. The Bertz CT molecular complexity index is 1110. The molecule has 2 aromatic carbocycles. The van der Waals surface area contributed by atoms with Gasteiger partial charge in [0.2, 0.25) is 11.8 Å². The van der Waals surface area contributed by atoms with Crippen LogP contribution in [-0.2, 0) is 32.2 Å². The third kappa shape index (κ3) is 9.58. The first kappa shape index (κ1) is 32.1. The molecule has 5 N–H and O–H groups in total. The van der Waals surface area contributed by atoms with Crippen molar-refractivity contribution in [2.75, 3.05) is 19.7 Å². The first-order valence-electron chi connectivity index (χ1n) is 15.1. The van der Waals surface area contributed by atoms with Gasteiger partial charge in [-0.05, 0) is 48.9 Å². The van der Waals surface area contributed by atoms with E-state index >= 15 is 0 Å². The van der Waals surface area contributed by atoms with Gasteiger partial charge in [0.05, 0.1) is 25.4 Å². The molecule has 0 unspecified atom stereocenters. The van der Waals surface area contributed by atoms with Crippen LogP contribution in [0.15, 0.2) is 48.5 Å². The topological polar surface area (TPSA) is 141 Å². The van der Waals surface area contributed by atoms with E-state index in [4.69, 9.17) is 14.7 Å². The number of likely N-dealkylation sites (tertiary alicyclic amines) is 1. The molecule has 2 aliphatic rings. The van der Waals surface area contributed by atoms with Crippen molar-refractivity contribution in [2.45, 2.75) is 95.5 Å². The highest BCUT2D eigenvalue weighted by atomic mass is 16.7. The molecule has 2 aliphatic heterocycles. The minimum Gasteiger partial charge on any atom is -0.395 e. The Hall–Kier alpha value is -2.86. The van der Waals surface area contributed by atoms with E-state index in [2.05, 4.69) is 10.2 Å². The molecule has 4 atom stereocenters. The number of amides is 2. The fraction of sp³-hybridized carbons (Fsp3) is 0.562. The third-order valence-electron chi connectivity index (χ3n) is 8.19. The molecular formula is C32H45N3O7. The number of carbonyl (C=O) groups is 2. The van der Waals surface area contributed by atoms with Crippen molar-refractivity contribution in [1.82, 2.24) is 15.7 Å². The molecule has 10 heteroatoms. The second-order valence-corrected chi connectivity index (χ2v) is 11.3. The molecule has 0 aliphatic carbocycles. The monoisotopic (exact) mass is 583 g/mol. The first-order chi connectivity index (χ1) is 20.5.